The molecule has 0 radical (unpaired) electrons. The monoisotopic (exact) mass is 485 g/mol. The summed E-state index contributed by atoms with van der Waals surface area (Å²) < 4.78 is 3.12. The number of nitro groups is 1. The lowest BCUT2D eigenvalue weighted by molar-refractivity contribution is -0.385. The van der Waals surface area contributed by atoms with Gasteiger partial charge in [-0.1, -0.05) is 30.3 Å². The van der Waals surface area contributed by atoms with Gasteiger partial charge in [0.15, 0.2) is 0 Å². The Balaban J connectivity index is 1.56. The number of rotatable bonds is 6. The smallest absolute Gasteiger partial charge is 0.295 e. The summed E-state index contributed by atoms with van der Waals surface area (Å²) in [6.45, 7) is 3.32. The first-order chi connectivity index (χ1) is 17.2. The van der Waals surface area contributed by atoms with E-state index >= 15 is 0 Å². The summed E-state index contributed by atoms with van der Waals surface area (Å²) in [5, 5.41) is 16.5. The van der Waals surface area contributed by atoms with Gasteiger partial charge in [-0.3, -0.25) is 29.2 Å². The van der Waals surface area contributed by atoms with Crippen LogP contribution in [0.15, 0.2) is 77.6 Å². The Bertz CT molecular complexity index is 1550. The summed E-state index contributed by atoms with van der Waals surface area (Å²) in [7, 11) is 1.73. The van der Waals surface area contributed by atoms with Crippen LogP contribution in [0.1, 0.15) is 32.0 Å². The molecule has 182 valence electrons. The molecule has 0 saturated carbocycles. The molecule has 1 aromatic heterocycles. The highest BCUT2D eigenvalue weighted by Crippen LogP contribution is 2.21. The van der Waals surface area contributed by atoms with E-state index in [9.17, 15) is 24.5 Å². The molecule has 0 unspecified atom stereocenters. The molecule has 4 aromatic rings. The van der Waals surface area contributed by atoms with Crippen LogP contribution in [0, 0.1) is 24.0 Å². The normalized spacial score (nSPS) is 10.6. The lowest BCUT2D eigenvalue weighted by Crippen LogP contribution is -2.23. The second kappa shape index (κ2) is 9.71. The van der Waals surface area contributed by atoms with Crippen molar-refractivity contribution in [1.82, 2.24) is 9.36 Å². The van der Waals surface area contributed by atoms with Crippen LogP contribution in [-0.2, 0) is 7.05 Å². The maximum atomic E-state index is 13.1. The number of nitrogens with zero attached hydrogens (tertiary/aromatic N) is 3. The zero-order valence-electron chi connectivity index (χ0n) is 19.8. The number of nitro benzene ring substituents is 1. The van der Waals surface area contributed by atoms with Gasteiger partial charge >= 0.3 is 0 Å². The minimum atomic E-state index is -0.555. The topological polar surface area (TPSA) is 128 Å². The number of nitrogens with one attached hydrogen (secondary N) is 2. The van der Waals surface area contributed by atoms with Gasteiger partial charge in [-0.05, 0) is 50.2 Å². The first kappa shape index (κ1) is 24.1. The van der Waals surface area contributed by atoms with Gasteiger partial charge in [0.05, 0.1) is 16.3 Å². The number of hydrogen-bond donors (Lipinski definition) is 2. The summed E-state index contributed by atoms with van der Waals surface area (Å²) in [5.74, 6) is -1.08. The van der Waals surface area contributed by atoms with Crippen LogP contribution < -0.4 is 16.2 Å². The van der Waals surface area contributed by atoms with Crippen molar-refractivity contribution in [1.29, 1.82) is 0 Å². The predicted octanol–water partition coefficient (Wildman–Crippen LogP) is 4.21. The summed E-state index contributed by atoms with van der Waals surface area (Å²) in [4.78, 5) is 49.3. The van der Waals surface area contributed by atoms with Crippen LogP contribution in [-0.4, -0.2) is 26.1 Å². The fourth-order valence-electron chi connectivity index (χ4n) is 3.79. The average Bonchev–Trinajstić information content (AvgIpc) is 3.07. The molecule has 0 spiro atoms. The van der Waals surface area contributed by atoms with Gasteiger partial charge in [0.25, 0.3) is 23.1 Å². The van der Waals surface area contributed by atoms with Gasteiger partial charge in [0.2, 0.25) is 0 Å². The van der Waals surface area contributed by atoms with Crippen LogP contribution >= 0.6 is 0 Å². The number of amides is 2. The zero-order chi connectivity index (χ0) is 26.0. The van der Waals surface area contributed by atoms with Gasteiger partial charge in [0, 0.05) is 35.5 Å². The molecule has 0 bridgehead atoms. The van der Waals surface area contributed by atoms with Crippen molar-refractivity contribution in [2.75, 3.05) is 10.6 Å². The van der Waals surface area contributed by atoms with Crippen molar-refractivity contribution >= 4 is 28.9 Å². The van der Waals surface area contributed by atoms with Crippen LogP contribution in [0.5, 0.6) is 0 Å². The summed E-state index contributed by atoms with van der Waals surface area (Å²) >= 11 is 0. The van der Waals surface area contributed by atoms with Crippen LogP contribution in [0.3, 0.4) is 0 Å². The van der Waals surface area contributed by atoms with Crippen molar-refractivity contribution in [3.05, 3.63) is 116 Å². The molecular formula is C26H23N5O5. The molecule has 4 rings (SSSR count). The number of carbonyl (C=O) groups excluding carboxylic acids is 2. The Morgan fingerprint density at radius 2 is 1.53 bits per heavy atom. The van der Waals surface area contributed by atoms with Crippen molar-refractivity contribution < 1.29 is 14.5 Å². The molecule has 3 aromatic carbocycles. The molecule has 0 aliphatic heterocycles. The zero-order valence-corrected chi connectivity index (χ0v) is 19.8. The molecule has 0 atom stereocenters. The SMILES string of the molecule is Cc1ccc(C(=O)Nc2cccc(C(=O)Nc3c(C)n(C)n(-c4ccccc4)c3=O)c2)cc1[N+](=O)[O-]. The van der Waals surface area contributed by atoms with Gasteiger partial charge in [0.1, 0.15) is 5.69 Å². The minimum Gasteiger partial charge on any atom is -0.322 e. The van der Waals surface area contributed by atoms with E-state index in [1.54, 1.807) is 55.9 Å². The number of carbonyl (C=O) groups is 2. The predicted molar refractivity (Wildman–Crippen MR) is 136 cm³/mol. The fraction of sp³-hybridized carbons (Fsp3) is 0.115. The largest absolute Gasteiger partial charge is 0.322 e. The number of hydrogen-bond acceptors (Lipinski definition) is 5. The molecular weight excluding hydrogens is 462 g/mol. The first-order valence-corrected chi connectivity index (χ1v) is 11.0. The lowest BCUT2D eigenvalue weighted by Gasteiger charge is -2.09. The van der Waals surface area contributed by atoms with E-state index in [0.29, 0.717) is 22.6 Å². The van der Waals surface area contributed by atoms with E-state index in [-0.39, 0.29) is 28.1 Å². The molecule has 10 nitrogen and oxygen atoms in total. The molecule has 0 saturated heterocycles. The maximum absolute atomic E-state index is 13.1. The molecule has 0 aliphatic rings. The van der Waals surface area contributed by atoms with Crippen molar-refractivity contribution in [2.24, 2.45) is 7.05 Å². The number of para-hydroxylation sites is 1. The molecule has 10 heteroatoms. The molecule has 0 aliphatic carbocycles. The number of benzene rings is 3. The third-order valence-corrected chi connectivity index (χ3v) is 5.84. The second-order valence-electron chi connectivity index (χ2n) is 8.18. The van der Waals surface area contributed by atoms with Gasteiger partial charge in [-0.2, -0.15) is 0 Å². The van der Waals surface area contributed by atoms with Gasteiger partial charge in [-0.25, -0.2) is 4.68 Å². The van der Waals surface area contributed by atoms with Crippen LogP contribution in [0.2, 0.25) is 0 Å². The van der Waals surface area contributed by atoms with Crippen LogP contribution in [0.4, 0.5) is 17.1 Å². The summed E-state index contributed by atoms with van der Waals surface area (Å²) in [6, 6.07) is 19.5. The van der Waals surface area contributed by atoms with Gasteiger partial charge < -0.3 is 10.6 Å². The summed E-state index contributed by atoms with van der Waals surface area (Å²) in [6.07, 6.45) is 0. The van der Waals surface area contributed by atoms with E-state index in [0.717, 1.165) is 0 Å². The highest BCUT2D eigenvalue weighted by Gasteiger charge is 2.20. The second-order valence-corrected chi connectivity index (χ2v) is 8.18. The van der Waals surface area contributed by atoms with E-state index in [1.165, 1.54) is 28.9 Å². The van der Waals surface area contributed by atoms with E-state index in [2.05, 4.69) is 10.6 Å². The molecule has 1 heterocycles. The van der Waals surface area contributed by atoms with Crippen LogP contribution in [0.25, 0.3) is 5.69 Å². The minimum absolute atomic E-state index is 0.114. The maximum Gasteiger partial charge on any atom is 0.295 e. The third kappa shape index (κ3) is 4.64. The molecule has 2 N–H and O–H groups in total. The molecule has 0 fully saturated rings. The Hall–Kier alpha value is -4.99. The number of aryl methyl sites for hydroxylation is 1. The summed E-state index contributed by atoms with van der Waals surface area (Å²) in [5.41, 5.74) is 1.94. The highest BCUT2D eigenvalue weighted by molar-refractivity contribution is 6.07. The molecule has 2 amide bonds. The number of anilines is 2. The van der Waals surface area contributed by atoms with E-state index in [1.807, 2.05) is 18.2 Å². The quantitative estimate of drug-likeness (QED) is 0.312. The Kier molecular flexibility index (Phi) is 6.51. The Morgan fingerprint density at radius 1 is 0.861 bits per heavy atom. The fourth-order valence-corrected chi connectivity index (χ4v) is 3.79. The van der Waals surface area contributed by atoms with Gasteiger partial charge in [-0.15, -0.1) is 0 Å². The van der Waals surface area contributed by atoms with Crippen molar-refractivity contribution in [2.45, 2.75) is 13.8 Å². The van der Waals surface area contributed by atoms with E-state index in [4.69, 9.17) is 0 Å². The highest BCUT2D eigenvalue weighted by atomic mass is 16.6. The van der Waals surface area contributed by atoms with Crippen molar-refractivity contribution in [3.8, 4) is 5.69 Å². The third-order valence-electron chi connectivity index (χ3n) is 5.84. The first-order valence-electron chi connectivity index (χ1n) is 11.0. The average molecular weight is 486 g/mol. The standard InChI is InChI=1S/C26H23N5O5/c1-16-12-13-19(15-22(16)31(35)36)24(32)27-20-9-7-8-18(14-20)25(33)28-23-17(2)29(3)30(26(23)34)21-10-5-4-6-11-21/h4-15H,1-3H3,(H,27,32)(H,28,33). The Morgan fingerprint density at radius 3 is 2.22 bits per heavy atom. The lowest BCUT2D eigenvalue weighted by atomic mass is 10.1. The van der Waals surface area contributed by atoms with E-state index < -0.39 is 16.7 Å². The van der Waals surface area contributed by atoms with Crippen molar-refractivity contribution in [3.63, 3.8) is 0 Å². The Labute approximate surface area is 205 Å². The number of aromatic nitrogens is 2. The molecule has 36 heavy (non-hydrogen) atoms.